The quantitative estimate of drug-likeness (QED) is 0.826. The van der Waals surface area contributed by atoms with Crippen LogP contribution in [0.15, 0.2) is 12.4 Å². The number of hydrogen-bond donors (Lipinski definition) is 2. The molecule has 0 bridgehead atoms. The number of aliphatic hydroxyl groups excluding tert-OH is 2. The molecule has 2 unspecified atom stereocenters. The molecule has 4 nitrogen and oxygen atoms in total. The van der Waals surface area contributed by atoms with E-state index in [1.165, 1.54) is 0 Å². The Kier molecular flexibility index (Phi) is 4.22. The number of alkyl halides is 4. The van der Waals surface area contributed by atoms with Crippen LogP contribution in [-0.4, -0.2) is 31.6 Å². The second-order valence-electron chi connectivity index (χ2n) is 3.00. The summed E-state index contributed by atoms with van der Waals surface area (Å²) in [6.45, 7) is 0. The molecule has 1 aromatic rings. The fourth-order valence-electron chi connectivity index (χ4n) is 0.944. The Morgan fingerprint density at radius 1 is 1.25 bits per heavy atom. The molecule has 2 N–H and O–H groups in total. The molecule has 0 aromatic carbocycles. The summed E-state index contributed by atoms with van der Waals surface area (Å²) < 4.78 is 36.3. The molecule has 0 saturated carbocycles. The third-order valence-electron chi connectivity index (χ3n) is 1.79. The SMILES string of the molecule is OC(CBr)C(O)c1cnc(C(F)(F)F)nc1. The molecule has 90 valence electrons. The minimum Gasteiger partial charge on any atom is -0.389 e. The molecule has 0 aliphatic rings. The maximum atomic E-state index is 12.1. The van der Waals surface area contributed by atoms with Gasteiger partial charge in [0.1, 0.15) is 6.10 Å². The lowest BCUT2D eigenvalue weighted by molar-refractivity contribution is -0.145. The Morgan fingerprint density at radius 2 is 1.75 bits per heavy atom. The molecule has 8 heteroatoms. The van der Waals surface area contributed by atoms with Gasteiger partial charge in [0.2, 0.25) is 5.82 Å². The highest BCUT2D eigenvalue weighted by atomic mass is 79.9. The number of nitrogens with zero attached hydrogens (tertiary/aromatic N) is 2. The zero-order valence-electron chi connectivity index (χ0n) is 7.82. The molecule has 1 rings (SSSR count). The van der Waals surface area contributed by atoms with E-state index in [9.17, 15) is 23.4 Å². The van der Waals surface area contributed by atoms with Gasteiger partial charge in [0.05, 0.1) is 6.10 Å². The van der Waals surface area contributed by atoms with Crippen LogP contribution in [0, 0.1) is 0 Å². The second kappa shape index (κ2) is 5.07. The number of halogens is 4. The zero-order valence-corrected chi connectivity index (χ0v) is 9.40. The van der Waals surface area contributed by atoms with Gasteiger partial charge in [-0.05, 0) is 0 Å². The first kappa shape index (κ1) is 13.3. The van der Waals surface area contributed by atoms with Gasteiger partial charge in [-0.2, -0.15) is 13.2 Å². The van der Waals surface area contributed by atoms with Crippen molar-refractivity contribution in [1.29, 1.82) is 0 Å². The molecule has 0 radical (unpaired) electrons. The van der Waals surface area contributed by atoms with Crippen LogP contribution >= 0.6 is 15.9 Å². The molecule has 0 aliphatic heterocycles. The second-order valence-corrected chi connectivity index (χ2v) is 3.65. The van der Waals surface area contributed by atoms with Crippen molar-refractivity contribution in [2.75, 3.05) is 5.33 Å². The van der Waals surface area contributed by atoms with E-state index in [1.807, 2.05) is 0 Å². The molecule has 0 fully saturated rings. The van der Waals surface area contributed by atoms with Gasteiger partial charge >= 0.3 is 6.18 Å². The highest BCUT2D eigenvalue weighted by Crippen LogP contribution is 2.26. The van der Waals surface area contributed by atoms with Gasteiger partial charge in [-0.15, -0.1) is 0 Å². The molecular formula is C8H8BrF3N2O2. The van der Waals surface area contributed by atoms with Crippen molar-refractivity contribution in [3.8, 4) is 0 Å². The number of hydrogen-bond acceptors (Lipinski definition) is 4. The summed E-state index contributed by atoms with van der Waals surface area (Å²) in [5.41, 5.74) is 0.0277. The van der Waals surface area contributed by atoms with Gasteiger partial charge in [0.15, 0.2) is 0 Å². The number of aliphatic hydroxyl groups is 2. The van der Waals surface area contributed by atoms with Gasteiger partial charge in [-0.1, -0.05) is 15.9 Å². The normalized spacial score (nSPS) is 15.9. The van der Waals surface area contributed by atoms with Crippen molar-refractivity contribution >= 4 is 15.9 Å². The maximum Gasteiger partial charge on any atom is 0.451 e. The molecule has 2 atom stereocenters. The topological polar surface area (TPSA) is 66.2 Å². The molecule has 0 saturated heterocycles. The van der Waals surface area contributed by atoms with Crippen LogP contribution in [0.2, 0.25) is 0 Å². The fraction of sp³-hybridized carbons (Fsp3) is 0.500. The Balaban J connectivity index is 2.87. The summed E-state index contributed by atoms with van der Waals surface area (Å²) in [6.07, 6.45) is -5.38. The Hall–Kier alpha value is -0.730. The van der Waals surface area contributed by atoms with Crippen molar-refractivity contribution in [1.82, 2.24) is 9.97 Å². The van der Waals surface area contributed by atoms with E-state index >= 15 is 0 Å². The van der Waals surface area contributed by atoms with E-state index in [-0.39, 0.29) is 10.9 Å². The molecular weight excluding hydrogens is 293 g/mol. The number of aromatic nitrogens is 2. The third kappa shape index (κ3) is 3.13. The van der Waals surface area contributed by atoms with E-state index < -0.39 is 24.2 Å². The van der Waals surface area contributed by atoms with Gasteiger partial charge < -0.3 is 10.2 Å². The van der Waals surface area contributed by atoms with Crippen LogP contribution < -0.4 is 0 Å². The van der Waals surface area contributed by atoms with Crippen molar-refractivity contribution in [2.45, 2.75) is 18.4 Å². The molecule has 1 heterocycles. The van der Waals surface area contributed by atoms with Crippen molar-refractivity contribution in [3.05, 3.63) is 23.8 Å². The van der Waals surface area contributed by atoms with Gasteiger partial charge in [0.25, 0.3) is 0 Å². The summed E-state index contributed by atoms with van der Waals surface area (Å²) in [7, 11) is 0. The van der Waals surface area contributed by atoms with Crippen LogP contribution in [0.5, 0.6) is 0 Å². The van der Waals surface area contributed by atoms with Crippen LogP contribution in [0.4, 0.5) is 13.2 Å². The first-order chi connectivity index (χ1) is 7.36. The molecule has 1 aromatic heterocycles. The Bertz CT molecular complexity index is 344. The smallest absolute Gasteiger partial charge is 0.389 e. The van der Waals surface area contributed by atoms with E-state index in [4.69, 9.17) is 0 Å². The molecule has 0 amide bonds. The van der Waals surface area contributed by atoms with Crippen molar-refractivity contribution in [2.24, 2.45) is 0 Å². The standard InChI is InChI=1S/C8H8BrF3N2O2/c9-1-5(15)6(16)4-2-13-7(14-3-4)8(10,11)12/h2-3,5-6,15-16H,1H2. The maximum absolute atomic E-state index is 12.1. The van der Waals surface area contributed by atoms with E-state index in [1.54, 1.807) is 0 Å². The minimum absolute atomic E-state index is 0.0277. The van der Waals surface area contributed by atoms with Gasteiger partial charge in [-0.25, -0.2) is 9.97 Å². The van der Waals surface area contributed by atoms with Crippen molar-refractivity contribution < 1.29 is 23.4 Å². The van der Waals surface area contributed by atoms with Gasteiger partial charge in [-0.3, -0.25) is 0 Å². The predicted octanol–water partition coefficient (Wildman–Crippen LogP) is 1.28. The lowest BCUT2D eigenvalue weighted by atomic mass is 10.1. The highest BCUT2D eigenvalue weighted by molar-refractivity contribution is 9.09. The summed E-state index contributed by atoms with van der Waals surface area (Å²) in [6, 6.07) is 0. The molecule has 0 spiro atoms. The van der Waals surface area contributed by atoms with Crippen LogP contribution in [-0.2, 0) is 6.18 Å². The largest absolute Gasteiger partial charge is 0.451 e. The lowest BCUT2D eigenvalue weighted by Crippen LogP contribution is -2.20. The monoisotopic (exact) mass is 300 g/mol. The zero-order chi connectivity index (χ0) is 12.3. The molecule has 16 heavy (non-hydrogen) atoms. The minimum atomic E-state index is -4.61. The summed E-state index contributed by atoms with van der Waals surface area (Å²) in [4.78, 5) is 6.13. The Morgan fingerprint density at radius 3 is 2.12 bits per heavy atom. The average Bonchev–Trinajstić information content (AvgIpc) is 2.26. The van der Waals surface area contributed by atoms with Crippen LogP contribution in [0.1, 0.15) is 17.5 Å². The fourth-order valence-corrected chi connectivity index (χ4v) is 1.30. The summed E-state index contributed by atoms with van der Waals surface area (Å²) in [5, 5.41) is 18.8. The highest BCUT2D eigenvalue weighted by Gasteiger charge is 2.34. The Labute approximate surface area is 97.3 Å². The third-order valence-corrected chi connectivity index (χ3v) is 2.45. The van der Waals surface area contributed by atoms with Crippen molar-refractivity contribution in [3.63, 3.8) is 0 Å². The van der Waals surface area contributed by atoms with E-state index in [0.717, 1.165) is 12.4 Å². The van der Waals surface area contributed by atoms with Gasteiger partial charge in [0, 0.05) is 23.3 Å². The average molecular weight is 301 g/mol. The first-order valence-corrected chi connectivity index (χ1v) is 5.29. The summed E-state index contributed by atoms with van der Waals surface area (Å²) in [5.74, 6) is -1.28. The van der Waals surface area contributed by atoms with E-state index in [0.29, 0.717) is 0 Å². The number of rotatable bonds is 3. The van der Waals surface area contributed by atoms with Crippen LogP contribution in [0.25, 0.3) is 0 Å². The lowest BCUT2D eigenvalue weighted by Gasteiger charge is -2.15. The summed E-state index contributed by atoms with van der Waals surface area (Å²) >= 11 is 2.93. The van der Waals surface area contributed by atoms with Crippen LogP contribution in [0.3, 0.4) is 0 Å². The predicted molar refractivity (Wildman–Crippen MR) is 51.8 cm³/mol. The molecule has 0 aliphatic carbocycles. The first-order valence-electron chi connectivity index (χ1n) is 4.17. The van der Waals surface area contributed by atoms with E-state index in [2.05, 4.69) is 25.9 Å².